The minimum atomic E-state index is -0.432. The molecule has 0 bridgehead atoms. The minimum absolute atomic E-state index is 0.0420. The number of nitrogens with zero attached hydrogens (tertiary/aromatic N) is 2. The van der Waals surface area contributed by atoms with E-state index < -0.39 is 4.92 Å². The summed E-state index contributed by atoms with van der Waals surface area (Å²) in [6.07, 6.45) is 2.15. The van der Waals surface area contributed by atoms with Crippen molar-refractivity contribution in [3.05, 3.63) is 58.6 Å². The number of likely N-dealkylation sites (tertiary alicyclic amines) is 1. The quantitative estimate of drug-likeness (QED) is 0.401. The van der Waals surface area contributed by atoms with Gasteiger partial charge >= 0.3 is 0 Å². The van der Waals surface area contributed by atoms with Crippen molar-refractivity contribution in [3.63, 3.8) is 0 Å². The molecule has 1 aliphatic heterocycles. The molecule has 1 unspecified atom stereocenters. The van der Waals surface area contributed by atoms with Crippen molar-refractivity contribution in [1.29, 1.82) is 0 Å². The first-order valence-corrected chi connectivity index (χ1v) is 10.6. The maximum Gasteiger partial charge on any atom is 0.269 e. The summed E-state index contributed by atoms with van der Waals surface area (Å²) in [5, 5.41) is 17.0. The number of non-ortho nitro benzene ring substituents is 1. The summed E-state index contributed by atoms with van der Waals surface area (Å²) in [5.41, 5.74) is 1.75. The number of carbonyl (C=O) groups is 1. The van der Waals surface area contributed by atoms with E-state index in [1.807, 2.05) is 31.2 Å². The molecule has 1 atom stereocenters. The van der Waals surface area contributed by atoms with E-state index in [1.54, 1.807) is 12.1 Å². The number of hydrogen-bond donors (Lipinski definition) is 2. The highest BCUT2D eigenvalue weighted by Crippen LogP contribution is 2.28. The van der Waals surface area contributed by atoms with Gasteiger partial charge in [0.2, 0.25) is 5.91 Å². The maximum absolute atomic E-state index is 12.7. The van der Waals surface area contributed by atoms with Gasteiger partial charge in [0.05, 0.1) is 21.5 Å². The van der Waals surface area contributed by atoms with E-state index >= 15 is 0 Å². The number of nitrogens with one attached hydrogen (secondary N) is 2. The van der Waals surface area contributed by atoms with Crippen molar-refractivity contribution in [3.8, 4) is 0 Å². The van der Waals surface area contributed by atoms with Crippen LogP contribution in [0.4, 0.5) is 17.1 Å². The standard InChI is InChI=1S/C21H26N4O3S/c1-15(29-18-9-7-17(8-10-18)25(27)28)21(26)23-20-6-4-3-5-19(20)22-16-11-13-24(2)14-12-16/h3-10,15-16,22H,11-14H2,1-2H3,(H,23,26). The van der Waals surface area contributed by atoms with Gasteiger partial charge in [0.25, 0.3) is 5.69 Å². The van der Waals surface area contributed by atoms with E-state index in [4.69, 9.17) is 0 Å². The SMILES string of the molecule is CC(Sc1ccc([N+](=O)[O-])cc1)C(=O)Nc1ccccc1NC1CCN(C)CC1. The van der Waals surface area contributed by atoms with Gasteiger partial charge in [0.15, 0.2) is 0 Å². The van der Waals surface area contributed by atoms with E-state index in [0.717, 1.165) is 42.2 Å². The van der Waals surface area contributed by atoms with Crippen LogP contribution in [0.25, 0.3) is 0 Å². The van der Waals surface area contributed by atoms with Crippen LogP contribution < -0.4 is 10.6 Å². The molecule has 1 aliphatic rings. The molecule has 8 heteroatoms. The zero-order valence-electron chi connectivity index (χ0n) is 16.6. The molecule has 1 saturated heterocycles. The fraction of sp³-hybridized carbons (Fsp3) is 0.381. The number of rotatable bonds is 7. The van der Waals surface area contributed by atoms with Gasteiger partial charge < -0.3 is 15.5 Å². The normalized spacial score (nSPS) is 16.2. The molecule has 29 heavy (non-hydrogen) atoms. The first kappa shape index (κ1) is 21.1. The lowest BCUT2D eigenvalue weighted by molar-refractivity contribution is -0.384. The summed E-state index contributed by atoms with van der Waals surface area (Å²) in [5.74, 6) is -0.106. The number of anilines is 2. The lowest BCUT2D eigenvalue weighted by Crippen LogP contribution is -2.37. The van der Waals surface area contributed by atoms with Gasteiger partial charge in [-0.05, 0) is 64.2 Å². The summed E-state index contributed by atoms with van der Waals surface area (Å²) in [7, 11) is 2.13. The Morgan fingerprint density at radius 1 is 1.14 bits per heavy atom. The zero-order valence-corrected chi connectivity index (χ0v) is 17.4. The highest BCUT2D eigenvalue weighted by Gasteiger charge is 2.19. The van der Waals surface area contributed by atoms with E-state index in [1.165, 1.54) is 23.9 Å². The molecule has 0 aliphatic carbocycles. The predicted octanol–water partition coefficient (Wildman–Crippen LogP) is 4.22. The number of nitro groups is 1. The molecule has 7 nitrogen and oxygen atoms in total. The van der Waals surface area contributed by atoms with Crippen molar-refractivity contribution in [1.82, 2.24) is 4.90 Å². The molecular weight excluding hydrogens is 388 g/mol. The highest BCUT2D eigenvalue weighted by atomic mass is 32.2. The van der Waals surface area contributed by atoms with E-state index in [0.29, 0.717) is 6.04 Å². The van der Waals surface area contributed by atoms with Gasteiger partial charge in [-0.15, -0.1) is 11.8 Å². The smallest absolute Gasteiger partial charge is 0.269 e. The van der Waals surface area contributed by atoms with Crippen molar-refractivity contribution in [2.75, 3.05) is 30.8 Å². The molecule has 1 amide bonds. The summed E-state index contributed by atoms with van der Waals surface area (Å²) in [4.78, 5) is 26.2. The van der Waals surface area contributed by atoms with Crippen molar-refractivity contribution in [2.45, 2.75) is 36.0 Å². The largest absolute Gasteiger partial charge is 0.381 e. The van der Waals surface area contributed by atoms with Gasteiger partial charge in [-0.3, -0.25) is 14.9 Å². The number of para-hydroxylation sites is 2. The third-order valence-corrected chi connectivity index (χ3v) is 6.10. The Labute approximate surface area is 175 Å². The van der Waals surface area contributed by atoms with Gasteiger partial charge in [0, 0.05) is 23.1 Å². The topological polar surface area (TPSA) is 87.5 Å². The van der Waals surface area contributed by atoms with Crippen molar-refractivity contribution >= 4 is 34.7 Å². The third-order valence-electron chi connectivity index (χ3n) is 4.99. The maximum atomic E-state index is 12.7. The Hall–Kier alpha value is -2.58. The Bertz CT molecular complexity index is 851. The first-order chi connectivity index (χ1) is 13.9. The summed E-state index contributed by atoms with van der Waals surface area (Å²) in [6.45, 7) is 3.96. The second kappa shape index (κ2) is 9.76. The van der Waals surface area contributed by atoms with Crippen LogP contribution in [0.3, 0.4) is 0 Å². The Kier molecular flexibility index (Phi) is 7.11. The number of benzene rings is 2. The Balaban J connectivity index is 1.60. The van der Waals surface area contributed by atoms with Crippen LogP contribution in [0.5, 0.6) is 0 Å². The molecular formula is C21H26N4O3S. The van der Waals surface area contributed by atoms with Crippen LogP contribution in [0.15, 0.2) is 53.4 Å². The minimum Gasteiger partial charge on any atom is -0.381 e. The number of amides is 1. The molecule has 154 valence electrons. The van der Waals surface area contributed by atoms with Gasteiger partial charge in [-0.2, -0.15) is 0 Å². The van der Waals surface area contributed by atoms with Gasteiger partial charge in [-0.25, -0.2) is 0 Å². The monoisotopic (exact) mass is 414 g/mol. The molecule has 2 aromatic carbocycles. The van der Waals surface area contributed by atoms with Crippen molar-refractivity contribution < 1.29 is 9.72 Å². The average Bonchev–Trinajstić information content (AvgIpc) is 2.71. The lowest BCUT2D eigenvalue weighted by atomic mass is 10.0. The molecule has 2 aromatic rings. The Morgan fingerprint density at radius 3 is 2.38 bits per heavy atom. The van der Waals surface area contributed by atoms with Crippen LogP contribution in [0.2, 0.25) is 0 Å². The zero-order chi connectivity index (χ0) is 20.8. The first-order valence-electron chi connectivity index (χ1n) is 9.68. The van der Waals surface area contributed by atoms with Gasteiger partial charge in [-0.1, -0.05) is 12.1 Å². The molecule has 0 spiro atoms. The van der Waals surface area contributed by atoms with Crippen LogP contribution in [-0.2, 0) is 4.79 Å². The molecule has 2 N–H and O–H groups in total. The molecule has 1 heterocycles. The molecule has 0 aromatic heterocycles. The fourth-order valence-corrected chi connectivity index (χ4v) is 4.10. The number of thioether (sulfide) groups is 1. The van der Waals surface area contributed by atoms with Gasteiger partial charge in [0.1, 0.15) is 0 Å². The Morgan fingerprint density at radius 2 is 1.76 bits per heavy atom. The summed E-state index contributed by atoms with van der Waals surface area (Å²) < 4.78 is 0. The second-order valence-corrected chi connectivity index (χ2v) is 8.68. The molecule has 1 fully saturated rings. The van der Waals surface area contributed by atoms with Crippen LogP contribution in [-0.4, -0.2) is 47.2 Å². The van der Waals surface area contributed by atoms with E-state index in [-0.39, 0.29) is 16.8 Å². The van der Waals surface area contributed by atoms with E-state index in [2.05, 4.69) is 22.6 Å². The van der Waals surface area contributed by atoms with Crippen molar-refractivity contribution in [2.24, 2.45) is 0 Å². The van der Waals surface area contributed by atoms with Crippen LogP contribution >= 0.6 is 11.8 Å². The summed E-state index contributed by atoms with van der Waals surface area (Å²) in [6, 6.07) is 14.4. The van der Waals surface area contributed by atoms with Crippen LogP contribution in [0.1, 0.15) is 19.8 Å². The number of hydrogen-bond acceptors (Lipinski definition) is 6. The number of nitro benzene ring substituents is 1. The molecule has 0 radical (unpaired) electrons. The second-order valence-electron chi connectivity index (χ2n) is 7.27. The number of carbonyl (C=O) groups excluding carboxylic acids is 1. The van der Waals surface area contributed by atoms with E-state index in [9.17, 15) is 14.9 Å². The average molecular weight is 415 g/mol. The third kappa shape index (κ3) is 5.95. The fourth-order valence-electron chi connectivity index (χ4n) is 3.23. The number of piperidine rings is 1. The predicted molar refractivity (Wildman–Crippen MR) is 118 cm³/mol. The molecule has 3 rings (SSSR count). The highest BCUT2D eigenvalue weighted by molar-refractivity contribution is 8.00. The van der Waals surface area contributed by atoms with Crippen LogP contribution in [0, 0.1) is 10.1 Å². The molecule has 0 saturated carbocycles. The lowest BCUT2D eigenvalue weighted by Gasteiger charge is -2.30. The summed E-state index contributed by atoms with van der Waals surface area (Å²) >= 11 is 1.37.